The number of carbonyl (C=O) groups is 1. The van der Waals surface area contributed by atoms with Crippen LogP contribution >= 0.6 is 23.2 Å². The van der Waals surface area contributed by atoms with Gasteiger partial charge >= 0.3 is 0 Å². The quantitative estimate of drug-likeness (QED) is 0.596. The van der Waals surface area contributed by atoms with Crippen molar-refractivity contribution in [1.82, 2.24) is 5.32 Å². The highest BCUT2D eigenvalue weighted by Gasteiger charge is 2.51. The number of amides is 1. The Morgan fingerprint density at radius 3 is 2.09 bits per heavy atom. The molecule has 0 unspecified atom stereocenters. The van der Waals surface area contributed by atoms with E-state index in [2.05, 4.69) is 5.32 Å². The van der Waals surface area contributed by atoms with Crippen LogP contribution in [0.15, 0.2) is 53.4 Å². The van der Waals surface area contributed by atoms with Crippen molar-refractivity contribution >= 4 is 44.8 Å². The molecule has 4 saturated carbocycles. The van der Waals surface area contributed by atoms with Crippen LogP contribution in [0.5, 0.6) is 0 Å². The van der Waals surface area contributed by atoms with Gasteiger partial charge < -0.3 is 5.32 Å². The van der Waals surface area contributed by atoms with Gasteiger partial charge in [-0.05, 0) is 98.7 Å². The van der Waals surface area contributed by atoms with E-state index >= 15 is 0 Å². The molecule has 0 radical (unpaired) electrons. The molecule has 0 aliphatic heterocycles. The van der Waals surface area contributed by atoms with Gasteiger partial charge in [0.05, 0.1) is 10.6 Å². The first kappa shape index (κ1) is 22.1. The Morgan fingerprint density at radius 1 is 0.938 bits per heavy atom. The van der Waals surface area contributed by atoms with Gasteiger partial charge in [0.15, 0.2) is 0 Å². The van der Waals surface area contributed by atoms with Crippen molar-refractivity contribution in [3.8, 4) is 0 Å². The van der Waals surface area contributed by atoms with Gasteiger partial charge in [0.2, 0.25) is 5.91 Å². The molecule has 5 nitrogen and oxygen atoms in total. The summed E-state index contributed by atoms with van der Waals surface area (Å²) >= 11 is 12.1. The molecule has 32 heavy (non-hydrogen) atoms. The lowest BCUT2D eigenvalue weighted by Gasteiger charge is -2.57. The predicted molar refractivity (Wildman–Crippen MR) is 126 cm³/mol. The molecule has 6 rings (SSSR count). The molecule has 0 spiro atoms. The molecule has 2 aromatic rings. The fourth-order valence-corrected chi connectivity index (χ4v) is 8.13. The third kappa shape index (κ3) is 4.25. The minimum absolute atomic E-state index is 0.0736. The molecular weight excluding hydrogens is 467 g/mol. The zero-order valence-electron chi connectivity index (χ0n) is 17.6. The average Bonchev–Trinajstić information content (AvgIpc) is 2.71. The van der Waals surface area contributed by atoms with Crippen LogP contribution in [0.2, 0.25) is 10.0 Å². The highest BCUT2D eigenvalue weighted by molar-refractivity contribution is 7.92. The SMILES string of the molecule is O=C(CN(c1cccc(Cl)c1)S(=O)(=O)c1ccc(Cl)cc1)NC12CC3CC(CC(C3)C1)C2. The summed E-state index contributed by atoms with van der Waals surface area (Å²) in [5.41, 5.74) is 0.170. The summed E-state index contributed by atoms with van der Waals surface area (Å²) in [5, 5.41) is 4.12. The Hall–Kier alpha value is -1.76. The van der Waals surface area contributed by atoms with Crippen LogP contribution in [0.25, 0.3) is 0 Å². The molecule has 0 aromatic heterocycles. The lowest BCUT2D eigenvalue weighted by atomic mass is 9.53. The van der Waals surface area contributed by atoms with E-state index in [1.165, 1.54) is 43.5 Å². The van der Waals surface area contributed by atoms with Crippen molar-refractivity contribution in [2.45, 2.75) is 49.0 Å². The first-order chi connectivity index (χ1) is 15.2. The van der Waals surface area contributed by atoms with Crippen molar-refractivity contribution < 1.29 is 13.2 Å². The molecule has 1 N–H and O–H groups in total. The molecule has 0 heterocycles. The molecule has 8 heteroatoms. The van der Waals surface area contributed by atoms with Gasteiger partial charge in [-0.15, -0.1) is 0 Å². The second kappa shape index (κ2) is 8.23. The number of nitrogens with one attached hydrogen (secondary N) is 1. The Bertz CT molecular complexity index is 1100. The van der Waals surface area contributed by atoms with E-state index in [-0.39, 0.29) is 22.9 Å². The zero-order chi connectivity index (χ0) is 22.5. The number of rotatable bonds is 6. The standard InChI is InChI=1S/C24H26Cl2N2O3S/c25-19-4-6-22(7-5-19)32(30,31)28(21-3-1-2-20(26)11-21)15-23(29)27-24-12-16-8-17(13-24)10-18(9-16)14-24/h1-7,11,16-18H,8-10,12-15H2,(H,27,29). The van der Waals surface area contributed by atoms with Crippen molar-refractivity contribution in [3.05, 3.63) is 58.6 Å². The minimum atomic E-state index is -3.99. The third-order valence-corrected chi connectivity index (χ3v) is 9.50. The maximum absolute atomic E-state index is 13.5. The maximum Gasteiger partial charge on any atom is 0.264 e. The van der Waals surface area contributed by atoms with Crippen LogP contribution in [-0.4, -0.2) is 26.4 Å². The van der Waals surface area contributed by atoms with Crippen LogP contribution in [0, 0.1) is 17.8 Å². The van der Waals surface area contributed by atoms with E-state index in [0.717, 1.165) is 23.6 Å². The summed E-state index contributed by atoms with van der Waals surface area (Å²) in [6.07, 6.45) is 6.83. The second-order valence-corrected chi connectivity index (χ2v) is 12.4. The Labute approximate surface area is 199 Å². The number of sulfonamides is 1. The van der Waals surface area contributed by atoms with E-state index in [0.29, 0.717) is 33.5 Å². The summed E-state index contributed by atoms with van der Waals surface area (Å²) in [7, 11) is -3.99. The fraction of sp³-hybridized carbons (Fsp3) is 0.458. The third-order valence-electron chi connectivity index (χ3n) is 7.23. The molecule has 170 valence electrons. The molecule has 4 aliphatic rings. The molecule has 0 atom stereocenters. The van der Waals surface area contributed by atoms with Crippen LogP contribution in [0.4, 0.5) is 5.69 Å². The fourth-order valence-electron chi connectivity index (χ4n) is 6.41. The zero-order valence-corrected chi connectivity index (χ0v) is 20.0. The van der Waals surface area contributed by atoms with E-state index in [4.69, 9.17) is 23.2 Å². The van der Waals surface area contributed by atoms with Gasteiger partial charge in [-0.2, -0.15) is 0 Å². The summed E-state index contributed by atoms with van der Waals surface area (Å²) in [6, 6.07) is 12.5. The summed E-state index contributed by atoms with van der Waals surface area (Å²) < 4.78 is 28.2. The minimum Gasteiger partial charge on any atom is -0.349 e. The lowest BCUT2D eigenvalue weighted by Crippen LogP contribution is -2.61. The predicted octanol–water partition coefficient (Wildman–Crippen LogP) is 5.27. The number of anilines is 1. The first-order valence-corrected chi connectivity index (χ1v) is 13.3. The molecule has 0 saturated heterocycles. The van der Waals surface area contributed by atoms with Crippen molar-refractivity contribution in [3.63, 3.8) is 0 Å². The van der Waals surface area contributed by atoms with Crippen LogP contribution < -0.4 is 9.62 Å². The number of nitrogens with zero attached hydrogens (tertiary/aromatic N) is 1. The molecular formula is C24H26Cl2N2O3S. The number of hydrogen-bond donors (Lipinski definition) is 1. The Kier molecular flexibility index (Phi) is 5.67. The molecule has 4 aliphatic carbocycles. The van der Waals surface area contributed by atoms with Crippen molar-refractivity contribution in [2.75, 3.05) is 10.8 Å². The van der Waals surface area contributed by atoms with Crippen LogP contribution in [-0.2, 0) is 14.8 Å². The normalized spacial score (nSPS) is 28.5. The number of halogens is 2. The lowest BCUT2D eigenvalue weighted by molar-refractivity contribution is -0.125. The van der Waals surface area contributed by atoms with Crippen molar-refractivity contribution in [2.24, 2.45) is 17.8 Å². The maximum atomic E-state index is 13.5. The smallest absolute Gasteiger partial charge is 0.264 e. The van der Waals surface area contributed by atoms with Gasteiger partial charge in [0.25, 0.3) is 10.0 Å². The van der Waals surface area contributed by atoms with Crippen LogP contribution in [0.1, 0.15) is 38.5 Å². The highest BCUT2D eigenvalue weighted by Crippen LogP contribution is 2.55. The van der Waals surface area contributed by atoms with E-state index in [1.54, 1.807) is 24.3 Å². The topological polar surface area (TPSA) is 66.5 Å². The van der Waals surface area contributed by atoms with Gasteiger partial charge in [-0.25, -0.2) is 8.42 Å². The van der Waals surface area contributed by atoms with E-state index in [1.807, 2.05) is 0 Å². The van der Waals surface area contributed by atoms with Crippen molar-refractivity contribution in [1.29, 1.82) is 0 Å². The molecule has 4 fully saturated rings. The number of hydrogen-bond acceptors (Lipinski definition) is 3. The summed E-state index contributed by atoms with van der Waals surface area (Å²) in [6.45, 7) is -0.299. The van der Waals surface area contributed by atoms with E-state index in [9.17, 15) is 13.2 Å². The Morgan fingerprint density at radius 2 is 1.53 bits per heavy atom. The molecule has 4 bridgehead atoms. The summed E-state index contributed by atoms with van der Waals surface area (Å²) in [4.78, 5) is 13.3. The molecule has 1 amide bonds. The number of carbonyl (C=O) groups excluding carboxylic acids is 1. The van der Waals surface area contributed by atoms with Gasteiger partial charge in [0.1, 0.15) is 6.54 Å². The van der Waals surface area contributed by atoms with Gasteiger partial charge in [-0.1, -0.05) is 29.3 Å². The first-order valence-electron chi connectivity index (χ1n) is 11.1. The second-order valence-electron chi connectivity index (χ2n) is 9.69. The Balaban J connectivity index is 1.42. The highest BCUT2D eigenvalue weighted by atomic mass is 35.5. The largest absolute Gasteiger partial charge is 0.349 e. The number of benzene rings is 2. The summed E-state index contributed by atoms with van der Waals surface area (Å²) in [5.74, 6) is 1.78. The van der Waals surface area contributed by atoms with E-state index < -0.39 is 10.0 Å². The van der Waals surface area contributed by atoms with Gasteiger partial charge in [-0.3, -0.25) is 9.10 Å². The molecule has 2 aromatic carbocycles. The van der Waals surface area contributed by atoms with Gasteiger partial charge in [0, 0.05) is 15.6 Å². The monoisotopic (exact) mass is 492 g/mol. The average molecular weight is 493 g/mol. The van der Waals surface area contributed by atoms with Crippen LogP contribution in [0.3, 0.4) is 0 Å².